The van der Waals surface area contributed by atoms with Gasteiger partial charge in [-0.2, -0.15) is 0 Å². The highest BCUT2D eigenvalue weighted by molar-refractivity contribution is 5.19. The van der Waals surface area contributed by atoms with Gasteiger partial charge in [0.25, 0.3) is 0 Å². The summed E-state index contributed by atoms with van der Waals surface area (Å²) in [4.78, 5) is 2.57. The fraction of sp³-hybridized carbons (Fsp3) is 0.538. The number of hydrogen-bond acceptors (Lipinski definition) is 2. The molecule has 2 heteroatoms. The Morgan fingerprint density at radius 1 is 1.27 bits per heavy atom. The molecule has 0 bridgehead atoms. The standard InChI is InChI=1S/C13H20N2/c14-9-5-11-15-10-4-8-13(15)12-6-2-1-3-7-12/h1-3,6-7,13H,4-5,8-11,14H2/t13-/m0/s1. The highest BCUT2D eigenvalue weighted by atomic mass is 15.2. The molecule has 2 N–H and O–H groups in total. The molecule has 1 fully saturated rings. The molecule has 0 aromatic heterocycles. The van der Waals surface area contributed by atoms with Crippen LogP contribution < -0.4 is 5.73 Å². The summed E-state index contributed by atoms with van der Waals surface area (Å²) >= 11 is 0. The first kappa shape index (κ1) is 10.7. The Morgan fingerprint density at radius 3 is 2.80 bits per heavy atom. The molecule has 1 atom stereocenters. The molecule has 1 heterocycles. The summed E-state index contributed by atoms with van der Waals surface area (Å²) in [6.45, 7) is 3.19. The largest absolute Gasteiger partial charge is 0.330 e. The van der Waals surface area contributed by atoms with Crippen LogP contribution in [-0.4, -0.2) is 24.5 Å². The summed E-state index contributed by atoms with van der Waals surface area (Å²) < 4.78 is 0. The fourth-order valence-corrected chi connectivity index (χ4v) is 2.44. The summed E-state index contributed by atoms with van der Waals surface area (Å²) in [6.07, 6.45) is 3.74. The first-order valence-electron chi connectivity index (χ1n) is 5.91. The van der Waals surface area contributed by atoms with Gasteiger partial charge in [0.2, 0.25) is 0 Å². The second-order valence-electron chi connectivity index (χ2n) is 4.25. The van der Waals surface area contributed by atoms with Gasteiger partial charge in [-0.25, -0.2) is 0 Å². The van der Waals surface area contributed by atoms with Crippen molar-refractivity contribution in [1.29, 1.82) is 0 Å². The SMILES string of the molecule is NCCCN1CCC[C@H]1c1ccccc1. The molecule has 1 saturated heterocycles. The van der Waals surface area contributed by atoms with Crippen molar-refractivity contribution in [1.82, 2.24) is 4.90 Å². The quantitative estimate of drug-likeness (QED) is 0.814. The van der Waals surface area contributed by atoms with Crippen molar-refractivity contribution in [3.63, 3.8) is 0 Å². The van der Waals surface area contributed by atoms with E-state index in [9.17, 15) is 0 Å². The summed E-state index contributed by atoms with van der Waals surface area (Å²) in [6, 6.07) is 11.5. The van der Waals surface area contributed by atoms with Crippen LogP contribution in [0.4, 0.5) is 0 Å². The zero-order valence-electron chi connectivity index (χ0n) is 9.23. The van der Waals surface area contributed by atoms with Crippen LogP contribution in [0.15, 0.2) is 30.3 Å². The Bertz CT molecular complexity index is 284. The number of benzene rings is 1. The highest BCUT2D eigenvalue weighted by Gasteiger charge is 2.24. The predicted molar refractivity (Wildman–Crippen MR) is 63.7 cm³/mol. The second kappa shape index (κ2) is 5.29. The monoisotopic (exact) mass is 204 g/mol. The molecule has 82 valence electrons. The van der Waals surface area contributed by atoms with Crippen molar-refractivity contribution in [2.75, 3.05) is 19.6 Å². The lowest BCUT2D eigenvalue weighted by atomic mass is 10.0. The van der Waals surface area contributed by atoms with Crippen molar-refractivity contribution >= 4 is 0 Å². The van der Waals surface area contributed by atoms with Gasteiger partial charge < -0.3 is 5.73 Å². The van der Waals surface area contributed by atoms with Gasteiger partial charge in [-0.05, 0) is 44.5 Å². The van der Waals surface area contributed by atoms with Crippen molar-refractivity contribution < 1.29 is 0 Å². The molecule has 1 aromatic carbocycles. The molecule has 0 spiro atoms. The van der Waals surface area contributed by atoms with Gasteiger partial charge >= 0.3 is 0 Å². The lowest BCUT2D eigenvalue weighted by molar-refractivity contribution is 0.255. The van der Waals surface area contributed by atoms with E-state index in [0.717, 1.165) is 19.5 Å². The first-order chi connectivity index (χ1) is 7.42. The van der Waals surface area contributed by atoms with Crippen LogP contribution in [0, 0.1) is 0 Å². The molecule has 15 heavy (non-hydrogen) atoms. The molecule has 0 aliphatic carbocycles. The van der Waals surface area contributed by atoms with Crippen LogP contribution in [-0.2, 0) is 0 Å². The molecule has 0 saturated carbocycles. The predicted octanol–water partition coefficient (Wildman–Crippen LogP) is 2.17. The Hall–Kier alpha value is -0.860. The van der Waals surface area contributed by atoms with Gasteiger partial charge in [0, 0.05) is 6.04 Å². The minimum Gasteiger partial charge on any atom is -0.330 e. The fourth-order valence-electron chi connectivity index (χ4n) is 2.44. The van der Waals surface area contributed by atoms with Gasteiger partial charge in [-0.15, -0.1) is 0 Å². The normalized spacial score (nSPS) is 22.1. The molecular formula is C13H20N2. The summed E-state index contributed by atoms with van der Waals surface area (Å²) in [5.41, 5.74) is 7.03. The molecular weight excluding hydrogens is 184 g/mol. The van der Waals surface area contributed by atoms with E-state index in [1.165, 1.54) is 24.9 Å². The summed E-state index contributed by atoms with van der Waals surface area (Å²) in [5, 5.41) is 0. The summed E-state index contributed by atoms with van der Waals surface area (Å²) in [7, 11) is 0. The third kappa shape index (κ3) is 2.58. The van der Waals surface area contributed by atoms with Gasteiger partial charge in [-0.1, -0.05) is 30.3 Å². The van der Waals surface area contributed by atoms with Crippen molar-refractivity contribution in [2.24, 2.45) is 5.73 Å². The Balaban J connectivity index is 2.01. The van der Waals surface area contributed by atoms with Crippen molar-refractivity contribution in [3.05, 3.63) is 35.9 Å². The molecule has 0 amide bonds. The van der Waals surface area contributed by atoms with Crippen molar-refractivity contribution in [2.45, 2.75) is 25.3 Å². The average Bonchev–Trinajstić information content (AvgIpc) is 2.75. The van der Waals surface area contributed by atoms with E-state index in [2.05, 4.69) is 35.2 Å². The summed E-state index contributed by atoms with van der Waals surface area (Å²) in [5.74, 6) is 0. The van der Waals surface area contributed by atoms with Crippen molar-refractivity contribution in [3.8, 4) is 0 Å². The lowest BCUT2D eigenvalue weighted by Gasteiger charge is -2.24. The van der Waals surface area contributed by atoms with Gasteiger partial charge in [0.1, 0.15) is 0 Å². The van der Waals surface area contributed by atoms with E-state index in [1.54, 1.807) is 0 Å². The Kier molecular flexibility index (Phi) is 3.75. The van der Waals surface area contributed by atoms with E-state index >= 15 is 0 Å². The molecule has 1 aromatic rings. The highest BCUT2D eigenvalue weighted by Crippen LogP contribution is 2.31. The Labute approximate surface area is 92.1 Å². The zero-order valence-corrected chi connectivity index (χ0v) is 9.23. The Morgan fingerprint density at radius 2 is 2.07 bits per heavy atom. The molecule has 1 aliphatic heterocycles. The first-order valence-corrected chi connectivity index (χ1v) is 5.91. The van der Waals surface area contributed by atoms with Crippen LogP contribution in [0.25, 0.3) is 0 Å². The molecule has 1 aliphatic rings. The van der Waals surface area contributed by atoms with Gasteiger partial charge in [-0.3, -0.25) is 4.90 Å². The van der Waals surface area contributed by atoms with E-state index in [4.69, 9.17) is 5.73 Å². The van der Waals surface area contributed by atoms with E-state index in [0.29, 0.717) is 6.04 Å². The number of likely N-dealkylation sites (tertiary alicyclic amines) is 1. The molecule has 2 rings (SSSR count). The average molecular weight is 204 g/mol. The lowest BCUT2D eigenvalue weighted by Crippen LogP contribution is -2.25. The van der Waals surface area contributed by atoms with Crippen LogP contribution in [0.5, 0.6) is 0 Å². The zero-order chi connectivity index (χ0) is 10.5. The van der Waals surface area contributed by atoms with Gasteiger partial charge in [0.15, 0.2) is 0 Å². The maximum Gasteiger partial charge on any atom is 0.0348 e. The number of nitrogens with zero attached hydrogens (tertiary/aromatic N) is 1. The number of nitrogens with two attached hydrogens (primary N) is 1. The van der Waals surface area contributed by atoms with E-state index < -0.39 is 0 Å². The topological polar surface area (TPSA) is 29.3 Å². The third-order valence-corrected chi connectivity index (χ3v) is 3.20. The minimum absolute atomic E-state index is 0.637. The molecule has 0 radical (unpaired) electrons. The maximum absolute atomic E-state index is 5.56. The maximum atomic E-state index is 5.56. The number of rotatable bonds is 4. The van der Waals surface area contributed by atoms with E-state index in [1.807, 2.05) is 0 Å². The third-order valence-electron chi connectivity index (χ3n) is 3.20. The second-order valence-corrected chi connectivity index (χ2v) is 4.25. The van der Waals surface area contributed by atoms with Crippen LogP contribution >= 0.6 is 0 Å². The van der Waals surface area contributed by atoms with Crippen LogP contribution in [0.1, 0.15) is 30.9 Å². The number of hydrogen-bond donors (Lipinski definition) is 1. The van der Waals surface area contributed by atoms with Gasteiger partial charge in [0.05, 0.1) is 0 Å². The van der Waals surface area contributed by atoms with Crippen LogP contribution in [0.3, 0.4) is 0 Å². The molecule has 0 unspecified atom stereocenters. The van der Waals surface area contributed by atoms with E-state index in [-0.39, 0.29) is 0 Å². The van der Waals surface area contributed by atoms with Crippen LogP contribution in [0.2, 0.25) is 0 Å². The smallest absolute Gasteiger partial charge is 0.0348 e. The minimum atomic E-state index is 0.637. The molecule has 2 nitrogen and oxygen atoms in total.